The van der Waals surface area contributed by atoms with E-state index in [0.29, 0.717) is 0 Å². The van der Waals surface area contributed by atoms with Gasteiger partial charge in [-0.1, -0.05) is 13.8 Å². The molecule has 0 radical (unpaired) electrons. The Morgan fingerprint density at radius 3 is 2.29 bits per heavy atom. The van der Waals surface area contributed by atoms with Crippen LogP contribution < -0.4 is 5.73 Å². The number of rotatable bonds is 9. The average Bonchev–Trinajstić information content (AvgIpc) is 2.16. The largest absolute Gasteiger partial charge is 0.385 e. The first kappa shape index (κ1) is 13.9. The van der Waals surface area contributed by atoms with E-state index in [9.17, 15) is 0 Å². The van der Waals surface area contributed by atoms with Gasteiger partial charge in [-0.2, -0.15) is 0 Å². The molecular weight excluding hydrogens is 178 g/mol. The van der Waals surface area contributed by atoms with Crippen molar-refractivity contribution in [1.29, 1.82) is 0 Å². The van der Waals surface area contributed by atoms with Crippen LogP contribution in [0.2, 0.25) is 0 Å². The summed E-state index contributed by atoms with van der Waals surface area (Å²) in [7, 11) is 1.71. The fraction of sp³-hybridized carbons (Fsp3) is 1.00. The molecule has 0 aromatic carbocycles. The molecule has 0 bridgehead atoms. The lowest BCUT2D eigenvalue weighted by Gasteiger charge is -2.21. The molecule has 0 amide bonds. The van der Waals surface area contributed by atoms with Crippen LogP contribution in [-0.2, 0) is 9.47 Å². The summed E-state index contributed by atoms with van der Waals surface area (Å²) in [5.41, 5.74) is 5.89. The zero-order valence-electron chi connectivity index (χ0n) is 9.84. The lowest BCUT2D eigenvalue weighted by Crippen LogP contribution is -2.23. The summed E-state index contributed by atoms with van der Waals surface area (Å²) in [6.07, 6.45) is 3.21. The van der Waals surface area contributed by atoms with Gasteiger partial charge in [0, 0.05) is 26.9 Å². The molecular formula is C11H25NO2. The van der Waals surface area contributed by atoms with Crippen molar-refractivity contribution in [1.82, 2.24) is 0 Å². The summed E-state index contributed by atoms with van der Waals surface area (Å²) in [6, 6.07) is 0. The van der Waals surface area contributed by atoms with Crippen molar-refractivity contribution in [3.8, 4) is 0 Å². The smallest absolute Gasteiger partial charge is 0.0487 e. The third kappa shape index (κ3) is 8.48. The molecule has 2 N–H and O–H groups in total. The number of ether oxygens (including phenoxy) is 2. The van der Waals surface area contributed by atoms with Crippen LogP contribution >= 0.6 is 0 Å². The molecule has 3 heteroatoms. The number of methoxy groups -OCH3 is 1. The summed E-state index contributed by atoms with van der Waals surface area (Å²) < 4.78 is 10.4. The van der Waals surface area contributed by atoms with Crippen LogP contribution in [-0.4, -0.2) is 33.5 Å². The van der Waals surface area contributed by atoms with Crippen molar-refractivity contribution in [3.05, 3.63) is 0 Å². The van der Waals surface area contributed by atoms with Gasteiger partial charge in [-0.15, -0.1) is 0 Å². The Morgan fingerprint density at radius 1 is 1.07 bits per heavy atom. The molecule has 0 saturated heterocycles. The predicted octanol–water partition coefficient (Wildman–Crippen LogP) is 1.80. The van der Waals surface area contributed by atoms with Crippen LogP contribution in [0.4, 0.5) is 0 Å². The topological polar surface area (TPSA) is 44.5 Å². The van der Waals surface area contributed by atoms with Crippen LogP contribution in [0, 0.1) is 5.41 Å². The normalized spacial score (nSPS) is 12.0. The molecule has 0 fully saturated rings. The Hall–Kier alpha value is -0.120. The lowest BCUT2D eigenvalue weighted by molar-refractivity contribution is 0.0952. The Morgan fingerprint density at radius 2 is 1.71 bits per heavy atom. The summed E-state index contributed by atoms with van der Waals surface area (Å²) in [6.45, 7) is 7.56. The van der Waals surface area contributed by atoms with Crippen molar-refractivity contribution in [3.63, 3.8) is 0 Å². The van der Waals surface area contributed by atoms with E-state index < -0.39 is 0 Å². The molecule has 0 unspecified atom stereocenters. The van der Waals surface area contributed by atoms with Crippen LogP contribution in [0.15, 0.2) is 0 Å². The van der Waals surface area contributed by atoms with Gasteiger partial charge in [0.05, 0.1) is 0 Å². The third-order valence-corrected chi connectivity index (χ3v) is 2.33. The summed E-state index contributed by atoms with van der Waals surface area (Å²) in [5, 5.41) is 0. The van der Waals surface area contributed by atoms with Gasteiger partial charge in [0.1, 0.15) is 0 Å². The average molecular weight is 203 g/mol. The summed E-state index contributed by atoms with van der Waals surface area (Å²) >= 11 is 0. The quantitative estimate of drug-likeness (QED) is 0.581. The van der Waals surface area contributed by atoms with Gasteiger partial charge in [0.15, 0.2) is 0 Å². The molecule has 0 heterocycles. The van der Waals surface area contributed by atoms with E-state index in [4.69, 9.17) is 15.2 Å². The van der Waals surface area contributed by atoms with E-state index in [2.05, 4.69) is 13.8 Å². The number of nitrogens with two attached hydrogens (primary N) is 1. The SMILES string of the molecule is COCCCOCCCC(C)(C)CN. The molecule has 0 aliphatic rings. The molecule has 0 rings (SSSR count). The molecule has 0 spiro atoms. The molecule has 86 valence electrons. The van der Waals surface area contributed by atoms with Crippen molar-refractivity contribution >= 4 is 0 Å². The summed E-state index contributed by atoms with van der Waals surface area (Å²) in [4.78, 5) is 0. The van der Waals surface area contributed by atoms with E-state index in [-0.39, 0.29) is 5.41 Å². The van der Waals surface area contributed by atoms with E-state index in [1.807, 2.05) is 0 Å². The van der Waals surface area contributed by atoms with E-state index >= 15 is 0 Å². The summed E-state index contributed by atoms with van der Waals surface area (Å²) in [5.74, 6) is 0. The Kier molecular flexibility index (Phi) is 8.14. The van der Waals surface area contributed by atoms with E-state index in [1.54, 1.807) is 7.11 Å². The molecule has 0 aromatic rings. The maximum absolute atomic E-state index is 5.63. The second kappa shape index (κ2) is 8.21. The Balaban J connectivity index is 3.13. The van der Waals surface area contributed by atoms with E-state index in [0.717, 1.165) is 45.6 Å². The minimum atomic E-state index is 0.260. The van der Waals surface area contributed by atoms with Gasteiger partial charge >= 0.3 is 0 Å². The molecule has 14 heavy (non-hydrogen) atoms. The van der Waals surface area contributed by atoms with Gasteiger partial charge in [0.25, 0.3) is 0 Å². The van der Waals surface area contributed by atoms with Crippen molar-refractivity contribution in [2.45, 2.75) is 33.1 Å². The maximum atomic E-state index is 5.63. The zero-order chi connectivity index (χ0) is 10.9. The highest BCUT2D eigenvalue weighted by Crippen LogP contribution is 2.19. The van der Waals surface area contributed by atoms with Crippen LogP contribution in [0.25, 0.3) is 0 Å². The molecule has 0 saturated carbocycles. The van der Waals surface area contributed by atoms with Crippen LogP contribution in [0.3, 0.4) is 0 Å². The van der Waals surface area contributed by atoms with Crippen LogP contribution in [0.5, 0.6) is 0 Å². The number of hydrogen-bond acceptors (Lipinski definition) is 3. The molecule has 0 atom stereocenters. The monoisotopic (exact) mass is 203 g/mol. The minimum absolute atomic E-state index is 0.260. The highest BCUT2D eigenvalue weighted by Gasteiger charge is 2.14. The van der Waals surface area contributed by atoms with Gasteiger partial charge in [-0.3, -0.25) is 0 Å². The van der Waals surface area contributed by atoms with Crippen molar-refractivity contribution in [2.24, 2.45) is 11.1 Å². The standard InChI is InChI=1S/C11H25NO2/c1-11(2,10-12)6-4-8-14-9-5-7-13-3/h4-10,12H2,1-3H3. The van der Waals surface area contributed by atoms with Gasteiger partial charge in [0.2, 0.25) is 0 Å². The molecule has 3 nitrogen and oxygen atoms in total. The third-order valence-electron chi connectivity index (χ3n) is 2.33. The lowest BCUT2D eigenvalue weighted by atomic mass is 9.88. The zero-order valence-corrected chi connectivity index (χ0v) is 9.84. The second-order valence-electron chi connectivity index (χ2n) is 4.43. The second-order valence-corrected chi connectivity index (χ2v) is 4.43. The van der Waals surface area contributed by atoms with Gasteiger partial charge in [-0.25, -0.2) is 0 Å². The first-order valence-electron chi connectivity index (χ1n) is 5.39. The van der Waals surface area contributed by atoms with Gasteiger partial charge in [-0.05, 0) is 31.2 Å². The first-order valence-corrected chi connectivity index (χ1v) is 5.39. The molecule has 0 aliphatic heterocycles. The Labute approximate surface area is 88.0 Å². The number of hydrogen-bond donors (Lipinski definition) is 1. The van der Waals surface area contributed by atoms with Crippen LogP contribution in [0.1, 0.15) is 33.1 Å². The molecule has 0 aromatic heterocycles. The molecule has 0 aliphatic carbocycles. The highest BCUT2D eigenvalue weighted by atomic mass is 16.5. The fourth-order valence-corrected chi connectivity index (χ4v) is 1.16. The first-order chi connectivity index (χ1) is 6.62. The minimum Gasteiger partial charge on any atom is -0.385 e. The van der Waals surface area contributed by atoms with E-state index in [1.165, 1.54) is 0 Å². The maximum Gasteiger partial charge on any atom is 0.0487 e. The van der Waals surface area contributed by atoms with Gasteiger partial charge < -0.3 is 15.2 Å². The fourth-order valence-electron chi connectivity index (χ4n) is 1.16. The van der Waals surface area contributed by atoms with Crippen molar-refractivity contribution < 1.29 is 9.47 Å². The predicted molar refractivity (Wildman–Crippen MR) is 59.4 cm³/mol. The van der Waals surface area contributed by atoms with Crippen molar-refractivity contribution in [2.75, 3.05) is 33.5 Å². The Bertz CT molecular complexity index is 126. The highest BCUT2D eigenvalue weighted by molar-refractivity contribution is 4.68.